The molecule has 32 heavy (non-hydrogen) atoms. The molecule has 7 heteroatoms. The van der Waals surface area contributed by atoms with Crippen LogP contribution in [0.3, 0.4) is 0 Å². The van der Waals surface area contributed by atoms with Crippen LogP contribution in [0.2, 0.25) is 0 Å². The SMILES string of the molecule is CCCN(CC(=O)Nc1cccc(C(=O)OC)c1)C1CCN(C(=O)c2ccccc2)CC1. The molecule has 7 nitrogen and oxygen atoms in total. The Bertz CT molecular complexity index is 924. The highest BCUT2D eigenvalue weighted by molar-refractivity contribution is 5.95. The molecule has 0 aliphatic carbocycles. The highest BCUT2D eigenvalue weighted by Crippen LogP contribution is 2.19. The van der Waals surface area contributed by atoms with E-state index in [1.807, 2.05) is 35.2 Å². The number of hydrogen-bond acceptors (Lipinski definition) is 5. The highest BCUT2D eigenvalue weighted by Gasteiger charge is 2.28. The monoisotopic (exact) mass is 437 g/mol. The van der Waals surface area contributed by atoms with Gasteiger partial charge in [0.05, 0.1) is 19.2 Å². The molecule has 2 aromatic carbocycles. The molecule has 1 aliphatic heterocycles. The second-order valence-corrected chi connectivity index (χ2v) is 7.98. The van der Waals surface area contributed by atoms with E-state index in [1.165, 1.54) is 7.11 Å². The topological polar surface area (TPSA) is 79.0 Å². The van der Waals surface area contributed by atoms with E-state index in [4.69, 9.17) is 4.74 Å². The second-order valence-electron chi connectivity index (χ2n) is 7.98. The van der Waals surface area contributed by atoms with Gasteiger partial charge < -0.3 is 15.0 Å². The van der Waals surface area contributed by atoms with Crippen LogP contribution in [0.1, 0.15) is 46.9 Å². The first-order chi connectivity index (χ1) is 15.5. The number of hydrogen-bond donors (Lipinski definition) is 1. The van der Waals surface area contributed by atoms with Crippen LogP contribution in [0.5, 0.6) is 0 Å². The summed E-state index contributed by atoms with van der Waals surface area (Å²) < 4.78 is 4.74. The van der Waals surface area contributed by atoms with Gasteiger partial charge in [-0.1, -0.05) is 31.2 Å². The summed E-state index contributed by atoms with van der Waals surface area (Å²) in [6, 6.07) is 16.3. The number of piperidine rings is 1. The summed E-state index contributed by atoms with van der Waals surface area (Å²) in [4.78, 5) is 41.2. The van der Waals surface area contributed by atoms with Crippen molar-refractivity contribution in [3.8, 4) is 0 Å². The van der Waals surface area contributed by atoms with Crippen molar-refractivity contribution in [2.75, 3.05) is 38.6 Å². The Morgan fingerprint density at radius 1 is 1.03 bits per heavy atom. The van der Waals surface area contributed by atoms with E-state index in [0.717, 1.165) is 25.8 Å². The van der Waals surface area contributed by atoms with Gasteiger partial charge in [-0.2, -0.15) is 0 Å². The molecule has 0 saturated carbocycles. The van der Waals surface area contributed by atoms with Gasteiger partial charge in [-0.3, -0.25) is 14.5 Å². The van der Waals surface area contributed by atoms with Crippen molar-refractivity contribution >= 4 is 23.5 Å². The summed E-state index contributed by atoms with van der Waals surface area (Å²) in [7, 11) is 1.33. The van der Waals surface area contributed by atoms with Gasteiger partial charge in [-0.25, -0.2) is 4.79 Å². The molecule has 2 aromatic rings. The number of carbonyl (C=O) groups excluding carboxylic acids is 3. The number of methoxy groups -OCH3 is 1. The average molecular weight is 438 g/mol. The lowest BCUT2D eigenvalue weighted by Gasteiger charge is -2.38. The molecule has 1 saturated heterocycles. The molecule has 0 unspecified atom stereocenters. The standard InChI is InChI=1S/C25H31N3O4/c1-3-14-28(18-23(29)26-21-11-7-10-20(17-21)25(31)32-2)22-12-15-27(16-13-22)24(30)19-8-5-4-6-9-19/h4-11,17,22H,3,12-16,18H2,1-2H3,(H,26,29). The fourth-order valence-electron chi connectivity index (χ4n) is 4.10. The Morgan fingerprint density at radius 3 is 2.38 bits per heavy atom. The number of benzene rings is 2. The van der Waals surface area contributed by atoms with Crippen LogP contribution in [-0.4, -0.2) is 66.9 Å². The summed E-state index contributed by atoms with van der Waals surface area (Å²) in [5.41, 5.74) is 1.67. The lowest BCUT2D eigenvalue weighted by molar-refractivity contribution is -0.118. The minimum absolute atomic E-state index is 0.0642. The highest BCUT2D eigenvalue weighted by atomic mass is 16.5. The van der Waals surface area contributed by atoms with E-state index in [9.17, 15) is 14.4 Å². The van der Waals surface area contributed by atoms with E-state index in [2.05, 4.69) is 17.1 Å². The minimum atomic E-state index is -0.439. The van der Waals surface area contributed by atoms with Gasteiger partial charge in [0.25, 0.3) is 5.91 Å². The number of nitrogens with one attached hydrogen (secondary N) is 1. The van der Waals surface area contributed by atoms with Crippen LogP contribution in [0.15, 0.2) is 54.6 Å². The first-order valence-corrected chi connectivity index (χ1v) is 11.1. The van der Waals surface area contributed by atoms with Gasteiger partial charge in [0.1, 0.15) is 0 Å². The Labute approximate surface area is 189 Å². The van der Waals surface area contributed by atoms with E-state index >= 15 is 0 Å². The fourth-order valence-corrected chi connectivity index (χ4v) is 4.10. The molecule has 2 amide bonds. The number of esters is 1. The molecule has 0 radical (unpaired) electrons. The molecule has 1 heterocycles. The van der Waals surface area contributed by atoms with E-state index in [1.54, 1.807) is 24.3 Å². The Morgan fingerprint density at radius 2 is 1.72 bits per heavy atom. The third kappa shape index (κ3) is 6.17. The molecular weight excluding hydrogens is 406 g/mol. The Balaban J connectivity index is 1.56. The van der Waals surface area contributed by atoms with Crippen molar-refractivity contribution in [3.63, 3.8) is 0 Å². The van der Waals surface area contributed by atoms with Gasteiger partial charge in [-0.05, 0) is 56.1 Å². The van der Waals surface area contributed by atoms with Crippen LogP contribution in [-0.2, 0) is 9.53 Å². The van der Waals surface area contributed by atoms with Crippen molar-refractivity contribution < 1.29 is 19.1 Å². The normalized spacial score (nSPS) is 14.3. The van der Waals surface area contributed by atoms with Crippen LogP contribution >= 0.6 is 0 Å². The number of carbonyl (C=O) groups is 3. The number of anilines is 1. The third-order valence-corrected chi connectivity index (χ3v) is 5.71. The summed E-state index contributed by atoms with van der Waals surface area (Å²) in [6.45, 7) is 4.54. The predicted octanol–water partition coefficient (Wildman–Crippen LogP) is 3.43. The predicted molar refractivity (Wildman–Crippen MR) is 124 cm³/mol. The lowest BCUT2D eigenvalue weighted by atomic mass is 10.0. The molecule has 0 atom stereocenters. The molecule has 0 bridgehead atoms. The van der Waals surface area contributed by atoms with Crippen LogP contribution < -0.4 is 5.32 Å². The zero-order chi connectivity index (χ0) is 22.9. The summed E-state index contributed by atoms with van der Waals surface area (Å²) in [6.07, 6.45) is 2.61. The van der Waals surface area contributed by atoms with E-state index in [0.29, 0.717) is 29.9 Å². The Kier molecular flexibility index (Phi) is 8.39. The van der Waals surface area contributed by atoms with Crippen molar-refractivity contribution in [1.82, 2.24) is 9.80 Å². The van der Waals surface area contributed by atoms with Gasteiger partial charge in [0.15, 0.2) is 0 Å². The molecule has 1 fully saturated rings. The number of amides is 2. The first-order valence-electron chi connectivity index (χ1n) is 11.1. The van der Waals surface area contributed by atoms with Crippen molar-refractivity contribution in [3.05, 3.63) is 65.7 Å². The van der Waals surface area contributed by atoms with Crippen LogP contribution in [0.25, 0.3) is 0 Å². The van der Waals surface area contributed by atoms with Crippen LogP contribution in [0.4, 0.5) is 5.69 Å². The molecule has 0 aromatic heterocycles. The number of nitrogens with zero attached hydrogens (tertiary/aromatic N) is 2. The summed E-state index contributed by atoms with van der Waals surface area (Å²) in [5, 5.41) is 2.88. The fraction of sp³-hybridized carbons (Fsp3) is 0.400. The second kappa shape index (κ2) is 11.4. The maximum Gasteiger partial charge on any atom is 0.337 e. The lowest BCUT2D eigenvalue weighted by Crippen LogP contribution is -2.49. The largest absolute Gasteiger partial charge is 0.465 e. The maximum atomic E-state index is 12.7. The van der Waals surface area contributed by atoms with E-state index < -0.39 is 5.97 Å². The van der Waals surface area contributed by atoms with Gasteiger partial charge in [0.2, 0.25) is 5.91 Å². The zero-order valence-electron chi connectivity index (χ0n) is 18.8. The molecule has 1 aliphatic rings. The van der Waals surface area contributed by atoms with Crippen molar-refractivity contribution in [2.45, 2.75) is 32.2 Å². The number of likely N-dealkylation sites (tertiary alicyclic amines) is 1. The Hall–Kier alpha value is -3.19. The summed E-state index contributed by atoms with van der Waals surface area (Å²) >= 11 is 0. The van der Waals surface area contributed by atoms with Gasteiger partial charge in [0, 0.05) is 30.4 Å². The molecule has 3 rings (SSSR count). The third-order valence-electron chi connectivity index (χ3n) is 5.71. The van der Waals surface area contributed by atoms with Crippen LogP contribution in [0, 0.1) is 0 Å². The summed E-state index contributed by atoms with van der Waals surface area (Å²) in [5.74, 6) is -0.497. The van der Waals surface area contributed by atoms with Gasteiger partial charge in [-0.15, -0.1) is 0 Å². The maximum absolute atomic E-state index is 12.7. The molecule has 1 N–H and O–H groups in total. The van der Waals surface area contributed by atoms with Crippen molar-refractivity contribution in [2.24, 2.45) is 0 Å². The minimum Gasteiger partial charge on any atom is -0.465 e. The smallest absolute Gasteiger partial charge is 0.337 e. The molecule has 170 valence electrons. The zero-order valence-corrected chi connectivity index (χ0v) is 18.8. The number of rotatable bonds is 8. The van der Waals surface area contributed by atoms with Gasteiger partial charge >= 0.3 is 5.97 Å². The van der Waals surface area contributed by atoms with E-state index in [-0.39, 0.29) is 24.4 Å². The van der Waals surface area contributed by atoms with Crippen molar-refractivity contribution in [1.29, 1.82) is 0 Å². The average Bonchev–Trinajstić information content (AvgIpc) is 2.83. The number of ether oxygens (including phenoxy) is 1. The quantitative estimate of drug-likeness (QED) is 0.640. The molecule has 0 spiro atoms. The molecular formula is C25H31N3O4. The first kappa shape index (κ1) is 23.5.